The molecule has 0 spiro atoms. The number of aromatic nitrogens is 2. The Bertz CT molecular complexity index is 904. The molecule has 2 aliphatic rings. The number of aliphatic hydroxyl groups excluding tert-OH is 1. The van der Waals surface area contributed by atoms with E-state index in [4.69, 9.17) is 15.2 Å². The lowest BCUT2D eigenvalue weighted by molar-refractivity contribution is 0.0997. The van der Waals surface area contributed by atoms with Crippen molar-refractivity contribution in [1.29, 1.82) is 0 Å². The number of nitrogens with zero attached hydrogens (tertiary/aromatic N) is 3. The van der Waals surface area contributed by atoms with E-state index in [1.165, 1.54) is 13.4 Å². The number of nitrogens with two attached hydrogens (primary N) is 1. The van der Waals surface area contributed by atoms with Crippen LogP contribution in [0.5, 0.6) is 5.75 Å². The molecule has 0 bridgehead atoms. The molecule has 0 radical (unpaired) electrons. The molecular weight excluding hydrogens is 342 g/mol. The maximum Gasteiger partial charge on any atom is 0.407 e. The van der Waals surface area contributed by atoms with Gasteiger partial charge < -0.3 is 30.5 Å². The summed E-state index contributed by atoms with van der Waals surface area (Å²) in [5.41, 5.74) is 6.13. The van der Waals surface area contributed by atoms with E-state index in [1.807, 2.05) is 4.90 Å². The van der Waals surface area contributed by atoms with Gasteiger partial charge >= 0.3 is 6.09 Å². The number of alkyl carbamates (subject to hydrolysis) is 1. The zero-order chi connectivity index (χ0) is 18.4. The minimum absolute atomic E-state index is 0.210. The van der Waals surface area contributed by atoms with Gasteiger partial charge in [-0.05, 0) is 12.1 Å². The lowest BCUT2D eigenvalue weighted by atomic mass is 10.1. The Balaban J connectivity index is 1.82. The summed E-state index contributed by atoms with van der Waals surface area (Å²) in [4.78, 5) is 33.5. The number of primary amides is 1. The van der Waals surface area contributed by atoms with Crippen LogP contribution in [0, 0.1) is 0 Å². The largest absolute Gasteiger partial charge is 0.496 e. The summed E-state index contributed by atoms with van der Waals surface area (Å²) in [7, 11) is 1.44. The fourth-order valence-electron chi connectivity index (χ4n) is 3.60. The van der Waals surface area contributed by atoms with Gasteiger partial charge in [-0.25, -0.2) is 14.8 Å². The van der Waals surface area contributed by atoms with Gasteiger partial charge in [-0.15, -0.1) is 0 Å². The summed E-state index contributed by atoms with van der Waals surface area (Å²) in [6.07, 6.45) is 0.416. The number of nitrogens with one attached hydrogen (secondary N) is 1. The number of anilines is 1. The Morgan fingerprint density at radius 1 is 1.50 bits per heavy atom. The number of rotatable bonds is 4. The molecular formula is C16H17N5O5. The zero-order valence-corrected chi connectivity index (χ0v) is 13.9. The van der Waals surface area contributed by atoms with Crippen LogP contribution in [-0.2, 0) is 4.74 Å². The summed E-state index contributed by atoms with van der Waals surface area (Å²) < 4.78 is 10.5. The number of methoxy groups -OCH3 is 1. The normalized spacial score (nSPS) is 24.3. The molecule has 0 saturated carbocycles. The number of aliphatic hydroxyl groups is 1. The highest BCUT2D eigenvalue weighted by Crippen LogP contribution is 2.35. The highest BCUT2D eigenvalue weighted by molar-refractivity contribution is 6.02. The highest BCUT2D eigenvalue weighted by atomic mass is 16.6. The second-order valence-electron chi connectivity index (χ2n) is 6.15. The second kappa shape index (κ2) is 5.99. The number of ether oxygens (including phenoxy) is 2. The average molecular weight is 359 g/mol. The number of carbonyl (C=O) groups excluding carboxylic acids is 2. The molecule has 1 aromatic carbocycles. The van der Waals surface area contributed by atoms with Crippen molar-refractivity contribution < 1.29 is 24.2 Å². The summed E-state index contributed by atoms with van der Waals surface area (Å²) in [5.74, 6) is 0.241. The van der Waals surface area contributed by atoms with E-state index in [1.54, 1.807) is 12.1 Å². The lowest BCUT2D eigenvalue weighted by Gasteiger charge is -2.27. The van der Waals surface area contributed by atoms with Crippen LogP contribution in [0.25, 0.3) is 10.9 Å². The van der Waals surface area contributed by atoms with Gasteiger partial charge in [0.25, 0.3) is 5.91 Å². The highest BCUT2D eigenvalue weighted by Gasteiger charge is 2.49. The molecule has 1 aromatic heterocycles. The van der Waals surface area contributed by atoms with Gasteiger partial charge in [-0.2, -0.15) is 0 Å². The minimum Gasteiger partial charge on any atom is -0.496 e. The van der Waals surface area contributed by atoms with Crippen molar-refractivity contribution in [3.63, 3.8) is 0 Å². The maximum absolute atomic E-state index is 11.6. The Morgan fingerprint density at radius 2 is 2.31 bits per heavy atom. The fourth-order valence-corrected chi connectivity index (χ4v) is 3.60. The van der Waals surface area contributed by atoms with Crippen molar-refractivity contribution in [2.75, 3.05) is 25.2 Å². The van der Waals surface area contributed by atoms with E-state index in [2.05, 4.69) is 15.3 Å². The van der Waals surface area contributed by atoms with Gasteiger partial charge in [-0.1, -0.05) is 0 Å². The van der Waals surface area contributed by atoms with Gasteiger partial charge in [0.05, 0.1) is 36.9 Å². The number of benzene rings is 1. The smallest absolute Gasteiger partial charge is 0.407 e. The van der Waals surface area contributed by atoms with Crippen LogP contribution in [0.1, 0.15) is 10.4 Å². The van der Waals surface area contributed by atoms with Crippen molar-refractivity contribution in [3.05, 3.63) is 24.0 Å². The average Bonchev–Trinajstić information content (AvgIpc) is 3.15. The summed E-state index contributed by atoms with van der Waals surface area (Å²) in [6.45, 7) is 0.214. The Morgan fingerprint density at radius 3 is 3.00 bits per heavy atom. The van der Waals surface area contributed by atoms with Crippen molar-refractivity contribution in [2.45, 2.75) is 18.2 Å². The molecule has 10 nitrogen and oxygen atoms in total. The van der Waals surface area contributed by atoms with E-state index >= 15 is 0 Å². The van der Waals surface area contributed by atoms with Crippen LogP contribution in [0.2, 0.25) is 0 Å². The van der Waals surface area contributed by atoms with Crippen LogP contribution in [-0.4, -0.2) is 65.5 Å². The van der Waals surface area contributed by atoms with E-state index in [0.29, 0.717) is 29.0 Å². The van der Waals surface area contributed by atoms with Crippen LogP contribution in [0.4, 0.5) is 10.6 Å². The van der Waals surface area contributed by atoms with Gasteiger partial charge in [0.2, 0.25) is 0 Å². The van der Waals surface area contributed by atoms with Crippen molar-refractivity contribution >= 4 is 28.7 Å². The Kier molecular flexibility index (Phi) is 3.76. The van der Waals surface area contributed by atoms with E-state index in [9.17, 15) is 14.7 Å². The molecule has 2 fully saturated rings. The van der Waals surface area contributed by atoms with Gasteiger partial charge in [0.1, 0.15) is 24.0 Å². The standard InChI is InChI=1S/C16H17N5O5/c1-25-12-3-7-9(2-8(12)14(17)23)18-6-19-15(7)21-4-10-13(11(21)5-22)26-16(24)20-10/h2-3,6,10-11,13,22H,4-5H2,1H3,(H2,17,23)(H,20,24)/t10-,11?,13-/m1/s1. The molecule has 10 heteroatoms. The summed E-state index contributed by atoms with van der Waals surface area (Å²) in [6, 6.07) is 2.51. The number of amides is 2. The third kappa shape index (κ3) is 2.37. The van der Waals surface area contributed by atoms with Crippen molar-refractivity contribution in [2.24, 2.45) is 5.73 Å². The topological polar surface area (TPSA) is 140 Å². The Labute approximate surface area is 147 Å². The van der Waals surface area contributed by atoms with E-state index < -0.39 is 24.1 Å². The van der Waals surface area contributed by atoms with Crippen LogP contribution in [0.15, 0.2) is 18.5 Å². The monoisotopic (exact) mass is 359 g/mol. The first kappa shape index (κ1) is 16.3. The van der Waals surface area contributed by atoms with Gasteiger partial charge in [0, 0.05) is 11.9 Å². The predicted octanol–water partition coefficient (Wildman–Crippen LogP) is -0.605. The quantitative estimate of drug-likeness (QED) is 0.657. The second-order valence-corrected chi connectivity index (χ2v) is 6.15. The molecule has 2 saturated heterocycles. The lowest BCUT2D eigenvalue weighted by Crippen LogP contribution is -2.40. The van der Waals surface area contributed by atoms with Crippen LogP contribution in [0.3, 0.4) is 0 Å². The number of fused-ring (bicyclic) bond motifs is 2. The van der Waals surface area contributed by atoms with Gasteiger partial charge in [-0.3, -0.25) is 4.79 Å². The molecule has 2 aliphatic heterocycles. The van der Waals surface area contributed by atoms with Crippen LogP contribution < -0.4 is 20.7 Å². The Hall–Kier alpha value is -3.14. The first-order chi connectivity index (χ1) is 12.5. The molecule has 1 unspecified atom stereocenters. The molecule has 3 atom stereocenters. The molecule has 3 heterocycles. The summed E-state index contributed by atoms with van der Waals surface area (Å²) in [5, 5.41) is 13.2. The number of hydrogen-bond donors (Lipinski definition) is 3. The molecule has 136 valence electrons. The number of hydrogen-bond acceptors (Lipinski definition) is 8. The zero-order valence-electron chi connectivity index (χ0n) is 13.9. The third-order valence-corrected chi connectivity index (χ3v) is 4.78. The molecule has 26 heavy (non-hydrogen) atoms. The van der Waals surface area contributed by atoms with Crippen molar-refractivity contribution in [1.82, 2.24) is 15.3 Å². The SMILES string of the molecule is COc1cc2c(N3C[C@H]4NC(=O)O[C@H]4C3CO)ncnc2cc1C(N)=O. The number of carbonyl (C=O) groups is 2. The summed E-state index contributed by atoms with van der Waals surface area (Å²) >= 11 is 0. The van der Waals surface area contributed by atoms with Crippen molar-refractivity contribution in [3.8, 4) is 5.75 Å². The first-order valence-electron chi connectivity index (χ1n) is 8.00. The first-order valence-corrected chi connectivity index (χ1v) is 8.00. The molecule has 0 aliphatic carbocycles. The minimum atomic E-state index is -0.621. The molecule has 4 rings (SSSR count). The third-order valence-electron chi connectivity index (χ3n) is 4.78. The predicted molar refractivity (Wildman–Crippen MR) is 90.0 cm³/mol. The molecule has 2 amide bonds. The maximum atomic E-state index is 11.6. The van der Waals surface area contributed by atoms with Gasteiger partial charge in [0.15, 0.2) is 0 Å². The van der Waals surface area contributed by atoms with E-state index in [0.717, 1.165) is 0 Å². The van der Waals surface area contributed by atoms with Crippen LogP contribution >= 0.6 is 0 Å². The fraction of sp³-hybridized carbons (Fsp3) is 0.375. The van der Waals surface area contributed by atoms with E-state index in [-0.39, 0.29) is 18.2 Å². The molecule has 2 aromatic rings. The molecule has 4 N–H and O–H groups in total.